The quantitative estimate of drug-likeness (QED) is 0.808. The van der Waals surface area contributed by atoms with E-state index in [4.69, 9.17) is 13.9 Å². The number of methoxy groups -OCH3 is 1. The Hall–Kier alpha value is -2.23. The van der Waals surface area contributed by atoms with Crippen LogP contribution in [0.1, 0.15) is 24.4 Å². The van der Waals surface area contributed by atoms with E-state index in [1.807, 2.05) is 43.3 Å². The van der Waals surface area contributed by atoms with Crippen LogP contribution in [0.15, 0.2) is 47.1 Å². The summed E-state index contributed by atoms with van der Waals surface area (Å²) < 4.78 is 16.0. The smallest absolute Gasteiger partial charge is 0.310 e. The van der Waals surface area contributed by atoms with Crippen molar-refractivity contribution in [3.8, 4) is 5.75 Å². The Kier molecular flexibility index (Phi) is 3.69. The lowest BCUT2D eigenvalue weighted by molar-refractivity contribution is -0.145. The van der Waals surface area contributed by atoms with Gasteiger partial charge in [-0.2, -0.15) is 0 Å². The number of cyclic esters (lactones) is 1. The molecule has 1 fully saturated rings. The van der Waals surface area contributed by atoms with Crippen LogP contribution in [0.25, 0.3) is 0 Å². The first-order valence-corrected chi connectivity index (χ1v) is 7.06. The molecule has 0 radical (unpaired) electrons. The van der Waals surface area contributed by atoms with Gasteiger partial charge in [-0.3, -0.25) is 4.79 Å². The molecule has 1 saturated heterocycles. The third-order valence-electron chi connectivity index (χ3n) is 4.10. The number of hydrogen-bond acceptors (Lipinski definition) is 4. The van der Waals surface area contributed by atoms with E-state index >= 15 is 0 Å². The number of rotatable bonds is 4. The number of ether oxygens (including phenoxy) is 2. The van der Waals surface area contributed by atoms with Gasteiger partial charge in [0.1, 0.15) is 11.5 Å². The lowest BCUT2D eigenvalue weighted by Gasteiger charge is -2.14. The van der Waals surface area contributed by atoms with E-state index in [1.54, 1.807) is 13.4 Å². The van der Waals surface area contributed by atoms with Gasteiger partial charge < -0.3 is 13.9 Å². The summed E-state index contributed by atoms with van der Waals surface area (Å²) in [5.74, 6) is 1.32. The molecule has 1 unspecified atom stereocenters. The van der Waals surface area contributed by atoms with Crippen molar-refractivity contribution >= 4 is 5.97 Å². The molecule has 2 aromatic rings. The summed E-state index contributed by atoms with van der Waals surface area (Å²) in [7, 11) is 1.64. The first-order valence-electron chi connectivity index (χ1n) is 7.06. The summed E-state index contributed by atoms with van der Waals surface area (Å²) in [6.45, 7) is 2.03. The maximum Gasteiger partial charge on any atom is 0.310 e. The van der Waals surface area contributed by atoms with Crippen LogP contribution in [-0.2, 0) is 16.0 Å². The standard InChI is InChI=1S/C17H18O4/c1-11-14(10-12-5-7-13(19-2)8-6-12)17(18)21-16(11)15-4-3-9-20-15/h3-9,11,14,16H,10H2,1-2H3/t11-,14?,16-/m1/s1. The zero-order valence-electron chi connectivity index (χ0n) is 12.1. The summed E-state index contributed by atoms with van der Waals surface area (Å²) >= 11 is 0. The minimum absolute atomic E-state index is 0.0887. The topological polar surface area (TPSA) is 48.7 Å². The average molecular weight is 286 g/mol. The second-order valence-electron chi connectivity index (χ2n) is 5.39. The third kappa shape index (κ3) is 2.66. The number of esters is 1. The van der Waals surface area contributed by atoms with Crippen molar-refractivity contribution in [3.63, 3.8) is 0 Å². The van der Waals surface area contributed by atoms with Crippen LogP contribution < -0.4 is 4.74 Å². The minimum atomic E-state index is -0.282. The minimum Gasteiger partial charge on any atom is -0.497 e. The molecule has 4 heteroatoms. The van der Waals surface area contributed by atoms with E-state index in [-0.39, 0.29) is 23.9 Å². The molecule has 21 heavy (non-hydrogen) atoms. The molecule has 1 aliphatic heterocycles. The third-order valence-corrected chi connectivity index (χ3v) is 4.10. The van der Waals surface area contributed by atoms with Crippen molar-refractivity contribution in [1.29, 1.82) is 0 Å². The SMILES string of the molecule is COc1ccc(CC2C(=O)O[C@@H](c3ccco3)[C@@H]2C)cc1. The number of carbonyl (C=O) groups excluding carboxylic acids is 1. The Morgan fingerprint density at radius 3 is 2.57 bits per heavy atom. The van der Waals surface area contributed by atoms with Gasteiger partial charge in [-0.15, -0.1) is 0 Å². The Bertz CT molecular complexity index is 600. The molecule has 0 N–H and O–H groups in total. The molecule has 0 amide bonds. The average Bonchev–Trinajstić information content (AvgIpc) is 3.11. The zero-order chi connectivity index (χ0) is 14.8. The van der Waals surface area contributed by atoms with Crippen molar-refractivity contribution in [3.05, 3.63) is 54.0 Å². The molecule has 0 saturated carbocycles. The van der Waals surface area contributed by atoms with Gasteiger partial charge >= 0.3 is 5.97 Å². The molecule has 1 aromatic heterocycles. The molecule has 110 valence electrons. The van der Waals surface area contributed by atoms with Crippen molar-refractivity contribution in [2.45, 2.75) is 19.4 Å². The van der Waals surface area contributed by atoms with Gasteiger partial charge in [0.05, 0.1) is 19.3 Å². The number of furan rings is 1. The molecule has 4 nitrogen and oxygen atoms in total. The van der Waals surface area contributed by atoms with E-state index in [2.05, 4.69) is 0 Å². The highest BCUT2D eigenvalue weighted by atomic mass is 16.6. The molecule has 3 rings (SSSR count). The van der Waals surface area contributed by atoms with Gasteiger partial charge in [0, 0.05) is 5.92 Å². The molecular weight excluding hydrogens is 268 g/mol. The van der Waals surface area contributed by atoms with Gasteiger partial charge in [0.15, 0.2) is 6.10 Å². The number of carbonyl (C=O) groups is 1. The van der Waals surface area contributed by atoms with Crippen molar-refractivity contribution in [1.82, 2.24) is 0 Å². The van der Waals surface area contributed by atoms with E-state index in [9.17, 15) is 4.79 Å². The van der Waals surface area contributed by atoms with E-state index in [0.717, 1.165) is 11.3 Å². The van der Waals surface area contributed by atoms with Gasteiger partial charge in [-0.05, 0) is 36.2 Å². The summed E-state index contributed by atoms with van der Waals surface area (Å²) in [6.07, 6.45) is 1.99. The lowest BCUT2D eigenvalue weighted by Crippen LogP contribution is -2.17. The molecule has 1 aliphatic rings. The molecule has 1 aromatic carbocycles. The first-order chi connectivity index (χ1) is 10.2. The number of benzene rings is 1. The van der Waals surface area contributed by atoms with Gasteiger partial charge in [0.25, 0.3) is 0 Å². The van der Waals surface area contributed by atoms with Crippen LogP contribution in [-0.4, -0.2) is 13.1 Å². The van der Waals surface area contributed by atoms with Crippen LogP contribution in [0.5, 0.6) is 5.75 Å². The Labute approximate surface area is 123 Å². The second-order valence-corrected chi connectivity index (χ2v) is 5.39. The van der Waals surface area contributed by atoms with Crippen LogP contribution in [0.2, 0.25) is 0 Å². The molecule has 2 heterocycles. The zero-order valence-corrected chi connectivity index (χ0v) is 12.1. The lowest BCUT2D eigenvalue weighted by atomic mass is 9.86. The maximum absolute atomic E-state index is 12.1. The van der Waals surface area contributed by atoms with Crippen LogP contribution in [0, 0.1) is 11.8 Å². The van der Waals surface area contributed by atoms with Crippen LogP contribution in [0.3, 0.4) is 0 Å². The molecular formula is C17H18O4. The van der Waals surface area contributed by atoms with Crippen molar-refractivity contribution in [2.75, 3.05) is 7.11 Å². The predicted molar refractivity (Wildman–Crippen MR) is 76.9 cm³/mol. The van der Waals surface area contributed by atoms with E-state index in [1.165, 1.54) is 0 Å². The maximum atomic E-state index is 12.1. The monoisotopic (exact) mass is 286 g/mol. The van der Waals surface area contributed by atoms with E-state index in [0.29, 0.717) is 12.2 Å². The highest BCUT2D eigenvalue weighted by Crippen LogP contribution is 2.40. The highest BCUT2D eigenvalue weighted by molar-refractivity contribution is 5.75. The first kappa shape index (κ1) is 13.7. The fourth-order valence-corrected chi connectivity index (χ4v) is 2.80. The predicted octanol–water partition coefficient (Wildman–Crippen LogP) is 3.38. The van der Waals surface area contributed by atoms with Gasteiger partial charge in [0.2, 0.25) is 0 Å². The molecule has 0 spiro atoms. The summed E-state index contributed by atoms with van der Waals surface area (Å²) in [6, 6.07) is 11.4. The van der Waals surface area contributed by atoms with Gasteiger partial charge in [-0.1, -0.05) is 19.1 Å². The summed E-state index contributed by atoms with van der Waals surface area (Å²) in [5, 5.41) is 0. The fourth-order valence-electron chi connectivity index (χ4n) is 2.80. The largest absolute Gasteiger partial charge is 0.497 e. The highest BCUT2D eigenvalue weighted by Gasteiger charge is 2.43. The second kappa shape index (κ2) is 5.64. The van der Waals surface area contributed by atoms with Crippen molar-refractivity contribution in [2.24, 2.45) is 11.8 Å². The van der Waals surface area contributed by atoms with Crippen molar-refractivity contribution < 1.29 is 18.7 Å². The Morgan fingerprint density at radius 2 is 1.95 bits per heavy atom. The number of hydrogen-bond donors (Lipinski definition) is 0. The van der Waals surface area contributed by atoms with Crippen LogP contribution >= 0.6 is 0 Å². The normalized spacial score (nSPS) is 24.9. The Morgan fingerprint density at radius 1 is 1.19 bits per heavy atom. The fraction of sp³-hybridized carbons (Fsp3) is 0.353. The summed E-state index contributed by atoms with van der Waals surface area (Å²) in [5.41, 5.74) is 1.10. The Balaban J connectivity index is 1.74. The van der Waals surface area contributed by atoms with E-state index < -0.39 is 0 Å². The molecule has 0 bridgehead atoms. The molecule has 3 atom stereocenters. The van der Waals surface area contributed by atoms with Crippen LogP contribution in [0.4, 0.5) is 0 Å². The summed E-state index contributed by atoms with van der Waals surface area (Å²) in [4.78, 5) is 12.1. The van der Waals surface area contributed by atoms with Gasteiger partial charge in [-0.25, -0.2) is 0 Å². The molecule has 0 aliphatic carbocycles.